The maximum atomic E-state index is 11.7. The fourth-order valence-electron chi connectivity index (χ4n) is 2.06. The number of fused-ring (bicyclic) bond motifs is 1. The van der Waals surface area contributed by atoms with E-state index in [0.717, 1.165) is 10.9 Å². The summed E-state index contributed by atoms with van der Waals surface area (Å²) in [6.07, 6.45) is 1.53. The molecule has 3 rings (SSSR count). The first-order valence-corrected chi connectivity index (χ1v) is 6.85. The summed E-state index contributed by atoms with van der Waals surface area (Å²) in [6.45, 7) is 2.11. The van der Waals surface area contributed by atoms with Crippen LogP contribution in [0.5, 0.6) is 11.6 Å². The number of carbonyl (C=O) groups excluding carboxylic acids is 1. The van der Waals surface area contributed by atoms with E-state index in [1.54, 1.807) is 31.2 Å². The largest absolute Gasteiger partial charge is 0.461 e. The van der Waals surface area contributed by atoms with Crippen LogP contribution in [0.15, 0.2) is 42.6 Å². The molecule has 0 aliphatic carbocycles. The van der Waals surface area contributed by atoms with E-state index < -0.39 is 0 Å². The van der Waals surface area contributed by atoms with E-state index in [2.05, 4.69) is 9.97 Å². The quantitative estimate of drug-likeness (QED) is 0.722. The number of aromatic amines is 1. The van der Waals surface area contributed by atoms with Gasteiger partial charge in [0.1, 0.15) is 11.4 Å². The molecule has 0 fully saturated rings. The minimum atomic E-state index is -0.374. The van der Waals surface area contributed by atoms with Gasteiger partial charge in [0, 0.05) is 23.0 Å². The molecule has 0 saturated heterocycles. The minimum absolute atomic E-state index is 0.339. The van der Waals surface area contributed by atoms with E-state index in [0.29, 0.717) is 29.6 Å². The van der Waals surface area contributed by atoms with Crippen LogP contribution in [0.1, 0.15) is 17.4 Å². The van der Waals surface area contributed by atoms with Gasteiger partial charge in [0.25, 0.3) is 0 Å². The SMILES string of the molecule is CCOC(=O)c1cc2ccc(Oc3ccc(N)cn3)cc2[nH]1. The standard InChI is InChI=1S/C16H15N3O3/c1-2-21-16(20)14-7-10-3-5-12(8-13(10)19-14)22-15-6-4-11(17)9-18-15/h3-9,19H,2,17H2,1H3. The fraction of sp³-hybridized carbons (Fsp3) is 0.125. The molecule has 6 heteroatoms. The molecule has 0 atom stereocenters. The lowest BCUT2D eigenvalue weighted by atomic mass is 10.2. The summed E-state index contributed by atoms with van der Waals surface area (Å²) in [4.78, 5) is 18.8. The maximum Gasteiger partial charge on any atom is 0.354 e. The predicted octanol–water partition coefficient (Wildman–Crippen LogP) is 3.11. The van der Waals surface area contributed by atoms with Crippen molar-refractivity contribution in [2.45, 2.75) is 6.92 Å². The topological polar surface area (TPSA) is 90.2 Å². The monoisotopic (exact) mass is 297 g/mol. The third kappa shape index (κ3) is 2.85. The number of benzene rings is 1. The molecule has 0 aliphatic heterocycles. The summed E-state index contributed by atoms with van der Waals surface area (Å²) < 4.78 is 10.6. The van der Waals surface area contributed by atoms with Crippen molar-refractivity contribution >= 4 is 22.6 Å². The van der Waals surface area contributed by atoms with Crippen LogP contribution in [0.2, 0.25) is 0 Å². The molecule has 2 aromatic heterocycles. The van der Waals surface area contributed by atoms with Crippen molar-refractivity contribution in [2.75, 3.05) is 12.3 Å². The number of rotatable bonds is 4. The Morgan fingerprint density at radius 2 is 2.14 bits per heavy atom. The molecule has 1 aromatic carbocycles. The van der Waals surface area contributed by atoms with Gasteiger partial charge in [0.05, 0.1) is 18.5 Å². The highest BCUT2D eigenvalue weighted by atomic mass is 16.5. The second kappa shape index (κ2) is 5.77. The lowest BCUT2D eigenvalue weighted by Crippen LogP contribution is -2.04. The second-order valence-corrected chi connectivity index (χ2v) is 4.68. The van der Waals surface area contributed by atoms with Crippen LogP contribution >= 0.6 is 0 Å². The molecular formula is C16H15N3O3. The summed E-state index contributed by atoms with van der Waals surface area (Å²) >= 11 is 0. The molecule has 112 valence electrons. The van der Waals surface area contributed by atoms with Gasteiger partial charge in [-0.3, -0.25) is 0 Å². The summed E-state index contributed by atoms with van der Waals surface area (Å²) in [6, 6.07) is 10.6. The third-order valence-electron chi connectivity index (χ3n) is 3.07. The molecule has 0 bridgehead atoms. The van der Waals surface area contributed by atoms with Crippen LogP contribution in [0.3, 0.4) is 0 Å². The first-order chi connectivity index (χ1) is 10.7. The number of ether oxygens (including phenoxy) is 2. The molecule has 0 unspecified atom stereocenters. The summed E-state index contributed by atoms with van der Waals surface area (Å²) in [5.74, 6) is 0.689. The number of pyridine rings is 1. The van der Waals surface area contributed by atoms with Crippen molar-refractivity contribution in [3.05, 3.63) is 48.3 Å². The van der Waals surface area contributed by atoms with Gasteiger partial charge in [-0.2, -0.15) is 0 Å². The summed E-state index contributed by atoms with van der Waals surface area (Å²) in [5.41, 5.74) is 7.36. The highest BCUT2D eigenvalue weighted by Crippen LogP contribution is 2.25. The first kappa shape index (κ1) is 13.9. The lowest BCUT2D eigenvalue weighted by molar-refractivity contribution is 0.0520. The van der Waals surface area contributed by atoms with Gasteiger partial charge < -0.3 is 20.2 Å². The number of carbonyl (C=O) groups is 1. The fourth-order valence-corrected chi connectivity index (χ4v) is 2.06. The van der Waals surface area contributed by atoms with Crippen LogP contribution in [-0.2, 0) is 4.74 Å². The van der Waals surface area contributed by atoms with Crippen molar-refractivity contribution in [3.63, 3.8) is 0 Å². The zero-order valence-electron chi connectivity index (χ0n) is 12.0. The number of anilines is 1. The molecule has 0 amide bonds. The molecule has 0 radical (unpaired) electrons. The number of nitrogens with two attached hydrogens (primary N) is 1. The van der Waals surface area contributed by atoms with E-state index in [9.17, 15) is 4.79 Å². The Morgan fingerprint density at radius 1 is 1.27 bits per heavy atom. The Balaban J connectivity index is 1.86. The molecule has 3 N–H and O–H groups in total. The van der Waals surface area contributed by atoms with E-state index in [1.165, 1.54) is 6.20 Å². The van der Waals surface area contributed by atoms with Crippen molar-refractivity contribution in [3.8, 4) is 11.6 Å². The van der Waals surface area contributed by atoms with Gasteiger partial charge in [-0.1, -0.05) is 0 Å². The second-order valence-electron chi connectivity index (χ2n) is 4.68. The van der Waals surface area contributed by atoms with Gasteiger partial charge in [-0.25, -0.2) is 9.78 Å². The maximum absolute atomic E-state index is 11.7. The number of H-pyrrole nitrogens is 1. The summed E-state index contributed by atoms with van der Waals surface area (Å²) in [7, 11) is 0. The van der Waals surface area contributed by atoms with Crippen molar-refractivity contribution in [1.82, 2.24) is 9.97 Å². The number of nitrogen functional groups attached to an aromatic ring is 1. The molecule has 22 heavy (non-hydrogen) atoms. The van der Waals surface area contributed by atoms with Crippen LogP contribution in [0.25, 0.3) is 10.9 Å². The Kier molecular flexibility index (Phi) is 3.65. The molecule has 0 spiro atoms. The Hall–Kier alpha value is -3.02. The van der Waals surface area contributed by atoms with Gasteiger partial charge in [0.2, 0.25) is 5.88 Å². The normalized spacial score (nSPS) is 10.6. The number of hydrogen-bond donors (Lipinski definition) is 2. The first-order valence-electron chi connectivity index (χ1n) is 6.85. The smallest absolute Gasteiger partial charge is 0.354 e. The average Bonchev–Trinajstić information content (AvgIpc) is 2.93. The van der Waals surface area contributed by atoms with E-state index in [-0.39, 0.29) is 5.97 Å². The zero-order chi connectivity index (χ0) is 15.5. The Morgan fingerprint density at radius 3 is 2.86 bits per heavy atom. The number of hydrogen-bond acceptors (Lipinski definition) is 5. The van der Waals surface area contributed by atoms with Crippen LogP contribution in [0, 0.1) is 0 Å². The van der Waals surface area contributed by atoms with Crippen molar-refractivity contribution in [2.24, 2.45) is 0 Å². The molecule has 2 heterocycles. The Bertz CT molecular complexity index is 809. The van der Waals surface area contributed by atoms with Gasteiger partial charge >= 0.3 is 5.97 Å². The number of aromatic nitrogens is 2. The number of nitrogens with one attached hydrogen (secondary N) is 1. The van der Waals surface area contributed by atoms with E-state index in [4.69, 9.17) is 15.2 Å². The highest BCUT2D eigenvalue weighted by Gasteiger charge is 2.11. The third-order valence-corrected chi connectivity index (χ3v) is 3.07. The van der Waals surface area contributed by atoms with Crippen molar-refractivity contribution in [1.29, 1.82) is 0 Å². The minimum Gasteiger partial charge on any atom is -0.461 e. The zero-order valence-corrected chi connectivity index (χ0v) is 12.0. The molecule has 0 aliphatic rings. The number of esters is 1. The van der Waals surface area contributed by atoms with Crippen LogP contribution in [0.4, 0.5) is 5.69 Å². The Labute approximate surface area is 126 Å². The van der Waals surface area contributed by atoms with Gasteiger partial charge in [-0.15, -0.1) is 0 Å². The van der Waals surface area contributed by atoms with Crippen LogP contribution in [-0.4, -0.2) is 22.5 Å². The van der Waals surface area contributed by atoms with Gasteiger partial charge in [0.15, 0.2) is 0 Å². The molecular weight excluding hydrogens is 282 g/mol. The molecule has 6 nitrogen and oxygen atoms in total. The molecule has 3 aromatic rings. The van der Waals surface area contributed by atoms with E-state index >= 15 is 0 Å². The number of nitrogens with zero attached hydrogens (tertiary/aromatic N) is 1. The lowest BCUT2D eigenvalue weighted by Gasteiger charge is -2.04. The van der Waals surface area contributed by atoms with Crippen molar-refractivity contribution < 1.29 is 14.3 Å². The summed E-state index contributed by atoms with van der Waals surface area (Å²) in [5, 5.41) is 0.903. The van der Waals surface area contributed by atoms with E-state index in [1.807, 2.05) is 12.1 Å². The average molecular weight is 297 g/mol. The van der Waals surface area contributed by atoms with Gasteiger partial charge in [-0.05, 0) is 31.2 Å². The molecule has 0 saturated carbocycles. The highest BCUT2D eigenvalue weighted by molar-refractivity contribution is 5.95. The predicted molar refractivity (Wildman–Crippen MR) is 83.0 cm³/mol. The van der Waals surface area contributed by atoms with Crippen LogP contribution < -0.4 is 10.5 Å².